The van der Waals surface area contributed by atoms with E-state index in [4.69, 9.17) is 5.73 Å². The first-order chi connectivity index (χ1) is 8.99. The first-order valence-corrected chi connectivity index (χ1v) is 6.24. The smallest absolute Gasteiger partial charge is 0.238 e. The van der Waals surface area contributed by atoms with Gasteiger partial charge in [-0.05, 0) is 37.1 Å². The maximum absolute atomic E-state index is 13.2. The zero-order valence-corrected chi connectivity index (χ0v) is 11.1. The number of hydrogen-bond donors (Lipinski definition) is 1. The molecule has 2 rings (SSSR count). The maximum atomic E-state index is 13.2. The van der Waals surface area contributed by atoms with E-state index in [-0.39, 0.29) is 11.7 Å². The minimum absolute atomic E-state index is 0.0882. The third kappa shape index (κ3) is 2.93. The minimum Gasteiger partial charge on any atom is -0.344 e. The summed E-state index contributed by atoms with van der Waals surface area (Å²) in [5.74, 6) is -0.345. The van der Waals surface area contributed by atoms with Crippen LogP contribution in [0.15, 0.2) is 30.6 Å². The highest BCUT2D eigenvalue weighted by Gasteiger charge is 2.13. The van der Waals surface area contributed by atoms with Crippen LogP contribution in [0.5, 0.6) is 0 Å². The van der Waals surface area contributed by atoms with Crippen LogP contribution in [0, 0.1) is 5.82 Å². The fourth-order valence-corrected chi connectivity index (χ4v) is 2.09. The van der Waals surface area contributed by atoms with Gasteiger partial charge in [0.05, 0.1) is 11.6 Å². The van der Waals surface area contributed by atoms with E-state index in [1.165, 1.54) is 12.1 Å². The molecule has 0 bridgehead atoms. The number of halogens is 1. The molecule has 2 heterocycles. The zero-order valence-electron chi connectivity index (χ0n) is 11.1. The molecule has 2 N–H and O–H groups in total. The summed E-state index contributed by atoms with van der Waals surface area (Å²) >= 11 is 0. The molecule has 0 saturated heterocycles. The second kappa shape index (κ2) is 5.40. The first kappa shape index (κ1) is 13.5. The van der Waals surface area contributed by atoms with Crippen LogP contribution in [0.2, 0.25) is 0 Å². The molecule has 5 heteroatoms. The summed E-state index contributed by atoms with van der Waals surface area (Å²) in [4.78, 5) is 13.3. The summed E-state index contributed by atoms with van der Waals surface area (Å²) in [6, 6.07) is 4.37. The van der Waals surface area contributed by atoms with Gasteiger partial charge < -0.3 is 15.0 Å². The predicted molar refractivity (Wildman–Crippen MR) is 72.3 cm³/mol. The van der Waals surface area contributed by atoms with Crippen molar-refractivity contribution in [3.63, 3.8) is 0 Å². The van der Waals surface area contributed by atoms with Gasteiger partial charge in [0.1, 0.15) is 5.82 Å². The summed E-state index contributed by atoms with van der Waals surface area (Å²) in [7, 11) is 1.73. The Balaban J connectivity index is 2.10. The summed E-state index contributed by atoms with van der Waals surface area (Å²) in [5, 5.41) is 0. The molecule has 0 aliphatic rings. The number of fused-ring (bicyclic) bond motifs is 1. The van der Waals surface area contributed by atoms with E-state index in [0.29, 0.717) is 13.0 Å². The fraction of sp³-hybridized carbons (Fsp3) is 0.357. The molecule has 0 aromatic carbocycles. The van der Waals surface area contributed by atoms with Crippen molar-refractivity contribution in [3.8, 4) is 0 Å². The highest BCUT2D eigenvalue weighted by molar-refractivity contribution is 5.80. The average Bonchev–Trinajstić information content (AvgIpc) is 2.77. The minimum atomic E-state index is -0.492. The molecule has 0 spiro atoms. The van der Waals surface area contributed by atoms with Crippen LogP contribution in [0.25, 0.3) is 5.52 Å². The van der Waals surface area contributed by atoms with Crippen molar-refractivity contribution < 1.29 is 9.18 Å². The van der Waals surface area contributed by atoms with Crippen LogP contribution in [-0.4, -0.2) is 34.8 Å². The summed E-state index contributed by atoms with van der Waals surface area (Å²) in [6.07, 6.45) is 4.25. The quantitative estimate of drug-likeness (QED) is 0.907. The number of pyridine rings is 1. The lowest BCUT2D eigenvalue weighted by atomic mass is 10.2. The molecule has 4 nitrogen and oxygen atoms in total. The van der Waals surface area contributed by atoms with Gasteiger partial charge in [0.15, 0.2) is 0 Å². The molecule has 102 valence electrons. The number of nitrogens with zero attached hydrogens (tertiary/aromatic N) is 2. The van der Waals surface area contributed by atoms with Gasteiger partial charge in [0, 0.05) is 26.0 Å². The van der Waals surface area contributed by atoms with Crippen molar-refractivity contribution in [2.75, 3.05) is 13.6 Å². The van der Waals surface area contributed by atoms with E-state index in [1.54, 1.807) is 25.1 Å². The molecule has 2 aromatic heterocycles. The monoisotopic (exact) mass is 263 g/mol. The van der Waals surface area contributed by atoms with Gasteiger partial charge in [-0.3, -0.25) is 4.79 Å². The van der Waals surface area contributed by atoms with E-state index in [2.05, 4.69) is 0 Å². The lowest BCUT2D eigenvalue weighted by Crippen LogP contribution is -2.40. The average molecular weight is 263 g/mol. The fourth-order valence-electron chi connectivity index (χ4n) is 2.09. The third-order valence-corrected chi connectivity index (χ3v) is 3.19. The Bertz CT molecular complexity index is 591. The van der Waals surface area contributed by atoms with Gasteiger partial charge in [-0.1, -0.05) is 0 Å². The van der Waals surface area contributed by atoms with Gasteiger partial charge in [0.25, 0.3) is 0 Å². The van der Waals surface area contributed by atoms with Crippen molar-refractivity contribution in [2.45, 2.75) is 19.4 Å². The van der Waals surface area contributed by atoms with Crippen LogP contribution in [0.1, 0.15) is 12.5 Å². The number of aromatic nitrogens is 1. The molecule has 0 saturated carbocycles. The lowest BCUT2D eigenvalue weighted by molar-refractivity contribution is -0.130. The second-order valence-corrected chi connectivity index (χ2v) is 4.78. The standard InChI is InChI=1S/C14H18FN3O/c1-10(16)14(19)17(2)6-3-11-4-7-18-8-5-12(15)9-13(11)18/h4-5,7-10H,3,6,16H2,1-2H3/t10-/m0/s1. The van der Waals surface area contributed by atoms with Gasteiger partial charge in [-0.2, -0.15) is 0 Å². The molecule has 0 aliphatic heterocycles. The SMILES string of the molecule is C[C@H](N)C(=O)N(C)CCc1ccn2ccc(F)cc12. The van der Waals surface area contributed by atoms with Crippen LogP contribution < -0.4 is 5.73 Å². The summed E-state index contributed by atoms with van der Waals surface area (Å²) in [6.45, 7) is 2.23. The molecule has 1 amide bonds. The number of amides is 1. The van der Waals surface area contributed by atoms with E-state index in [0.717, 1.165) is 11.1 Å². The van der Waals surface area contributed by atoms with Crippen molar-refractivity contribution in [3.05, 3.63) is 42.0 Å². The number of rotatable bonds is 4. The Morgan fingerprint density at radius 2 is 2.16 bits per heavy atom. The number of carbonyl (C=O) groups excluding carboxylic acids is 1. The largest absolute Gasteiger partial charge is 0.344 e. The normalized spacial score (nSPS) is 12.6. The first-order valence-electron chi connectivity index (χ1n) is 6.24. The van der Waals surface area contributed by atoms with Gasteiger partial charge >= 0.3 is 0 Å². The van der Waals surface area contributed by atoms with Gasteiger partial charge in [0.2, 0.25) is 5.91 Å². The Hall–Kier alpha value is -1.88. The summed E-state index contributed by atoms with van der Waals surface area (Å²) < 4.78 is 15.1. The molecule has 1 atom stereocenters. The van der Waals surface area contributed by atoms with Gasteiger partial charge in [-0.25, -0.2) is 4.39 Å². The number of likely N-dealkylation sites (N-methyl/N-ethyl adjacent to an activating group) is 1. The highest BCUT2D eigenvalue weighted by Crippen LogP contribution is 2.15. The number of hydrogen-bond acceptors (Lipinski definition) is 2. The topological polar surface area (TPSA) is 50.7 Å². The predicted octanol–water partition coefficient (Wildman–Crippen LogP) is 1.43. The molecule has 0 aliphatic carbocycles. The van der Waals surface area contributed by atoms with Crippen LogP contribution in [0.3, 0.4) is 0 Å². The Kier molecular flexibility index (Phi) is 3.85. The number of carbonyl (C=O) groups is 1. The van der Waals surface area contributed by atoms with E-state index >= 15 is 0 Å². The number of nitrogens with two attached hydrogens (primary N) is 1. The summed E-state index contributed by atoms with van der Waals surface area (Å²) in [5.41, 5.74) is 7.40. The van der Waals surface area contributed by atoms with Crippen molar-refractivity contribution in [1.82, 2.24) is 9.30 Å². The third-order valence-electron chi connectivity index (χ3n) is 3.19. The zero-order chi connectivity index (χ0) is 14.0. The highest BCUT2D eigenvalue weighted by atomic mass is 19.1. The molecule has 19 heavy (non-hydrogen) atoms. The molecule has 2 aromatic rings. The molecular weight excluding hydrogens is 245 g/mol. The van der Waals surface area contributed by atoms with Crippen LogP contribution in [-0.2, 0) is 11.2 Å². The van der Waals surface area contributed by atoms with E-state index in [9.17, 15) is 9.18 Å². The second-order valence-electron chi connectivity index (χ2n) is 4.78. The van der Waals surface area contributed by atoms with Gasteiger partial charge in [-0.15, -0.1) is 0 Å². The van der Waals surface area contributed by atoms with Crippen molar-refractivity contribution >= 4 is 11.4 Å². The van der Waals surface area contributed by atoms with Crippen LogP contribution >= 0.6 is 0 Å². The Morgan fingerprint density at radius 1 is 1.47 bits per heavy atom. The van der Waals surface area contributed by atoms with Crippen LogP contribution in [0.4, 0.5) is 4.39 Å². The maximum Gasteiger partial charge on any atom is 0.238 e. The molecule has 0 fully saturated rings. The van der Waals surface area contributed by atoms with E-state index in [1.807, 2.05) is 16.7 Å². The van der Waals surface area contributed by atoms with Crippen molar-refractivity contribution in [2.24, 2.45) is 5.73 Å². The van der Waals surface area contributed by atoms with E-state index < -0.39 is 6.04 Å². The van der Waals surface area contributed by atoms with Crippen molar-refractivity contribution in [1.29, 1.82) is 0 Å². The molecular formula is C14H18FN3O. The Labute approximate surface area is 111 Å². The molecule has 0 unspecified atom stereocenters. The Morgan fingerprint density at radius 3 is 2.84 bits per heavy atom. The lowest BCUT2D eigenvalue weighted by Gasteiger charge is -2.18. The molecule has 0 radical (unpaired) electrons.